The molecule has 0 bridgehead atoms. The van der Waals surface area contributed by atoms with E-state index in [9.17, 15) is 0 Å². The van der Waals surface area contributed by atoms with Crippen molar-refractivity contribution in [1.82, 2.24) is 0 Å². The number of hydrogen-bond acceptors (Lipinski definition) is 0. The zero-order chi connectivity index (χ0) is 14.0. The molecule has 1 atom stereocenters. The molecule has 1 aromatic rings. The molecule has 0 saturated carbocycles. The lowest BCUT2D eigenvalue weighted by Crippen LogP contribution is -2.20. The Morgan fingerprint density at radius 2 is 1.44 bits per heavy atom. The first-order valence-corrected chi connectivity index (χ1v) is 7.76. The first kappa shape index (κ1) is 15.8. The summed E-state index contributed by atoms with van der Waals surface area (Å²) in [4.78, 5) is 0.576. The molecule has 0 heterocycles. The number of alkyl halides is 1. The van der Waals surface area contributed by atoms with E-state index < -0.39 is 0 Å². The number of aryl methyl sites for hydroxylation is 1. The molecule has 0 radical (unpaired) electrons. The average Bonchev–Trinajstić information content (AvgIpc) is 2.24. The van der Waals surface area contributed by atoms with Gasteiger partial charge >= 0.3 is 0 Å². The number of halogens is 1. The summed E-state index contributed by atoms with van der Waals surface area (Å²) in [5.74, 6) is 0. The third kappa shape index (κ3) is 4.76. The van der Waals surface area contributed by atoms with Gasteiger partial charge in [0.25, 0.3) is 0 Å². The van der Waals surface area contributed by atoms with Gasteiger partial charge in [0.2, 0.25) is 0 Å². The fraction of sp³-hybridized carbons (Fsp3) is 0.647. The Bertz CT molecular complexity index is 362. The van der Waals surface area contributed by atoms with Crippen LogP contribution in [0.5, 0.6) is 0 Å². The summed E-state index contributed by atoms with van der Waals surface area (Å²) in [6.07, 6.45) is 2.34. The number of rotatable bonds is 3. The molecular weight excluding hydrogens is 284 g/mol. The third-order valence-corrected chi connectivity index (χ3v) is 5.28. The van der Waals surface area contributed by atoms with Gasteiger partial charge in [-0.1, -0.05) is 81.7 Å². The van der Waals surface area contributed by atoms with Crippen molar-refractivity contribution >= 4 is 15.9 Å². The van der Waals surface area contributed by atoms with E-state index in [1.54, 1.807) is 0 Å². The van der Waals surface area contributed by atoms with E-state index in [2.05, 4.69) is 81.7 Å². The highest BCUT2D eigenvalue weighted by molar-refractivity contribution is 9.09. The van der Waals surface area contributed by atoms with E-state index in [0.717, 1.165) is 6.42 Å². The SMILES string of the molecule is CC(C)(C)c1ccc(CCC(Br)C(C)(C)C)cc1. The zero-order valence-electron chi connectivity index (χ0n) is 12.7. The first-order chi connectivity index (χ1) is 8.10. The molecule has 0 amide bonds. The molecule has 0 aliphatic heterocycles. The summed E-state index contributed by atoms with van der Waals surface area (Å²) in [7, 11) is 0. The van der Waals surface area contributed by atoms with Crippen LogP contribution in [0, 0.1) is 5.41 Å². The maximum atomic E-state index is 3.80. The molecule has 1 heteroatoms. The predicted octanol–water partition coefficient (Wildman–Crippen LogP) is 5.73. The quantitative estimate of drug-likeness (QED) is 0.626. The maximum absolute atomic E-state index is 3.80. The zero-order valence-corrected chi connectivity index (χ0v) is 14.3. The van der Waals surface area contributed by atoms with E-state index in [1.807, 2.05) is 0 Å². The molecule has 18 heavy (non-hydrogen) atoms. The van der Waals surface area contributed by atoms with Gasteiger partial charge in [0, 0.05) is 4.83 Å². The second-order valence-electron chi connectivity index (χ2n) is 7.32. The number of hydrogen-bond donors (Lipinski definition) is 0. The molecule has 0 aromatic heterocycles. The van der Waals surface area contributed by atoms with Gasteiger partial charge in [0.15, 0.2) is 0 Å². The second-order valence-corrected chi connectivity index (χ2v) is 8.42. The fourth-order valence-corrected chi connectivity index (χ4v) is 2.13. The molecule has 0 fully saturated rings. The van der Waals surface area contributed by atoms with Crippen molar-refractivity contribution in [1.29, 1.82) is 0 Å². The maximum Gasteiger partial charge on any atom is 0.0197 e. The molecule has 0 spiro atoms. The van der Waals surface area contributed by atoms with Gasteiger partial charge in [-0.15, -0.1) is 0 Å². The Hall–Kier alpha value is -0.300. The van der Waals surface area contributed by atoms with Gasteiger partial charge in [-0.05, 0) is 34.8 Å². The van der Waals surface area contributed by atoms with Gasteiger partial charge in [0.05, 0.1) is 0 Å². The smallest absolute Gasteiger partial charge is 0.0197 e. The molecule has 0 nitrogen and oxygen atoms in total. The van der Waals surface area contributed by atoms with Crippen molar-refractivity contribution in [3.8, 4) is 0 Å². The van der Waals surface area contributed by atoms with Gasteiger partial charge in [-0.25, -0.2) is 0 Å². The molecule has 1 aromatic carbocycles. The Morgan fingerprint density at radius 1 is 0.944 bits per heavy atom. The van der Waals surface area contributed by atoms with Crippen LogP contribution in [0.3, 0.4) is 0 Å². The van der Waals surface area contributed by atoms with Crippen LogP contribution in [0.4, 0.5) is 0 Å². The highest BCUT2D eigenvalue weighted by Gasteiger charge is 2.21. The molecule has 1 unspecified atom stereocenters. The van der Waals surface area contributed by atoms with Crippen molar-refractivity contribution in [3.63, 3.8) is 0 Å². The van der Waals surface area contributed by atoms with Gasteiger partial charge in [-0.2, -0.15) is 0 Å². The van der Waals surface area contributed by atoms with Gasteiger partial charge in [-0.3, -0.25) is 0 Å². The normalized spacial score (nSPS) is 14.6. The molecule has 0 aliphatic carbocycles. The largest absolute Gasteiger partial charge is 0.0885 e. The average molecular weight is 311 g/mol. The van der Waals surface area contributed by atoms with Crippen LogP contribution in [-0.2, 0) is 11.8 Å². The van der Waals surface area contributed by atoms with E-state index in [0.29, 0.717) is 10.2 Å². The molecule has 0 N–H and O–H groups in total. The van der Waals surface area contributed by atoms with Crippen LogP contribution >= 0.6 is 15.9 Å². The van der Waals surface area contributed by atoms with E-state index >= 15 is 0 Å². The Labute approximate surface area is 121 Å². The number of benzene rings is 1. The Balaban J connectivity index is 2.60. The Morgan fingerprint density at radius 3 is 1.83 bits per heavy atom. The van der Waals surface area contributed by atoms with Crippen LogP contribution in [0.2, 0.25) is 0 Å². The van der Waals surface area contributed by atoms with Crippen molar-refractivity contribution in [3.05, 3.63) is 35.4 Å². The molecule has 0 saturated heterocycles. The fourth-order valence-electron chi connectivity index (χ4n) is 1.90. The Kier molecular flexibility index (Phi) is 5.05. The monoisotopic (exact) mass is 310 g/mol. The van der Waals surface area contributed by atoms with E-state index in [-0.39, 0.29) is 5.41 Å². The minimum atomic E-state index is 0.252. The lowest BCUT2D eigenvalue weighted by atomic mass is 9.85. The molecule has 102 valence electrons. The van der Waals surface area contributed by atoms with Crippen LogP contribution in [0.15, 0.2) is 24.3 Å². The van der Waals surface area contributed by atoms with E-state index in [1.165, 1.54) is 17.5 Å². The minimum Gasteiger partial charge on any atom is -0.0885 e. The third-order valence-electron chi connectivity index (χ3n) is 3.45. The highest BCUT2D eigenvalue weighted by atomic mass is 79.9. The summed E-state index contributed by atoms with van der Waals surface area (Å²) >= 11 is 3.80. The van der Waals surface area contributed by atoms with Gasteiger partial charge in [0.1, 0.15) is 0 Å². The molecular formula is C17H27Br. The predicted molar refractivity (Wildman–Crippen MR) is 85.6 cm³/mol. The summed E-state index contributed by atoms with van der Waals surface area (Å²) in [5, 5.41) is 0. The molecule has 0 aliphatic rings. The summed E-state index contributed by atoms with van der Waals surface area (Å²) in [6, 6.07) is 9.11. The van der Waals surface area contributed by atoms with Gasteiger partial charge < -0.3 is 0 Å². The lowest BCUT2D eigenvalue weighted by Gasteiger charge is -2.25. The summed E-state index contributed by atoms with van der Waals surface area (Å²) in [6.45, 7) is 13.6. The second kappa shape index (κ2) is 5.77. The van der Waals surface area contributed by atoms with Crippen molar-refractivity contribution < 1.29 is 0 Å². The molecule has 1 rings (SSSR count). The van der Waals surface area contributed by atoms with Crippen molar-refractivity contribution in [2.24, 2.45) is 5.41 Å². The first-order valence-electron chi connectivity index (χ1n) is 6.84. The van der Waals surface area contributed by atoms with Crippen molar-refractivity contribution in [2.75, 3.05) is 0 Å². The summed E-state index contributed by atoms with van der Waals surface area (Å²) in [5.41, 5.74) is 3.45. The van der Waals surface area contributed by atoms with Crippen LogP contribution in [-0.4, -0.2) is 4.83 Å². The van der Waals surface area contributed by atoms with Crippen molar-refractivity contribution in [2.45, 2.75) is 64.6 Å². The standard InChI is InChI=1S/C17H27Br/c1-16(2,3)14-10-7-13(8-11-14)9-12-15(18)17(4,5)6/h7-8,10-11,15H,9,12H2,1-6H3. The summed E-state index contributed by atoms with van der Waals surface area (Å²) < 4.78 is 0. The lowest BCUT2D eigenvalue weighted by molar-refractivity contribution is 0.386. The van der Waals surface area contributed by atoms with Crippen LogP contribution < -0.4 is 0 Å². The minimum absolute atomic E-state index is 0.252. The topological polar surface area (TPSA) is 0 Å². The highest BCUT2D eigenvalue weighted by Crippen LogP contribution is 2.30. The van der Waals surface area contributed by atoms with Crippen LogP contribution in [0.1, 0.15) is 59.1 Å². The van der Waals surface area contributed by atoms with E-state index in [4.69, 9.17) is 0 Å². The van der Waals surface area contributed by atoms with Crippen LogP contribution in [0.25, 0.3) is 0 Å².